The van der Waals surface area contributed by atoms with Gasteiger partial charge in [-0.2, -0.15) is 5.10 Å². The van der Waals surface area contributed by atoms with E-state index in [9.17, 15) is 0 Å². The summed E-state index contributed by atoms with van der Waals surface area (Å²) in [5, 5.41) is 11.0. The maximum atomic E-state index is 6.23. The van der Waals surface area contributed by atoms with Gasteiger partial charge in [-0.1, -0.05) is 20.8 Å². The molecular weight excluding hydrogens is 318 g/mol. The normalized spacial score (nSPS) is 22.6. The highest BCUT2D eigenvalue weighted by atomic mass is 16.5. The van der Waals surface area contributed by atoms with Crippen LogP contribution in [0.15, 0.2) is 12.4 Å². The molecular formula is C18H27N5O2. The number of hydrogen-bond donors (Lipinski definition) is 0. The molecule has 25 heavy (non-hydrogen) atoms. The Labute approximate surface area is 148 Å². The van der Waals surface area contributed by atoms with Crippen LogP contribution in [-0.2, 0) is 12.8 Å². The molecule has 0 aromatic carbocycles. The van der Waals surface area contributed by atoms with Crippen molar-refractivity contribution in [2.24, 2.45) is 5.41 Å². The molecule has 2 aromatic heterocycles. The molecule has 0 fully saturated rings. The summed E-state index contributed by atoms with van der Waals surface area (Å²) in [6.45, 7) is 6.65. The van der Waals surface area contributed by atoms with Crippen molar-refractivity contribution < 1.29 is 9.47 Å². The Morgan fingerprint density at radius 1 is 1.12 bits per heavy atom. The number of hydrogen-bond acceptors (Lipinski definition) is 5. The van der Waals surface area contributed by atoms with E-state index in [2.05, 4.69) is 32.1 Å². The lowest BCUT2D eigenvalue weighted by atomic mass is 9.84. The molecule has 4 heterocycles. The summed E-state index contributed by atoms with van der Waals surface area (Å²) in [4.78, 5) is 1.79. The van der Waals surface area contributed by atoms with Crippen LogP contribution in [0.25, 0.3) is 0 Å². The van der Waals surface area contributed by atoms with Crippen LogP contribution >= 0.6 is 0 Å². The minimum atomic E-state index is -0.120. The third kappa shape index (κ3) is 2.85. The van der Waals surface area contributed by atoms with Crippen LogP contribution in [0.1, 0.15) is 51.0 Å². The number of aryl methyl sites for hydroxylation is 2. The molecule has 0 aliphatic carbocycles. The van der Waals surface area contributed by atoms with Crippen molar-refractivity contribution in [2.45, 2.75) is 58.8 Å². The summed E-state index contributed by atoms with van der Waals surface area (Å²) in [6.07, 6.45) is 7.91. The van der Waals surface area contributed by atoms with Gasteiger partial charge >= 0.3 is 0 Å². The summed E-state index contributed by atoms with van der Waals surface area (Å²) in [5.74, 6) is 1.57. The van der Waals surface area contributed by atoms with Gasteiger partial charge in [0.1, 0.15) is 6.10 Å². The minimum Gasteiger partial charge on any atom is -0.473 e. The highest BCUT2D eigenvalue weighted by Gasteiger charge is 2.33. The maximum Gasteiger partial charge on any atom is 0.237 e. The molecule has 0 radical (unpaired) electrons. The van der Waals surface area contributed by atoms with Gasteiger partial charge < -0.3 is 9.47 Å². The van der Waals surface area contributed by atoms with E-state index >= 15 is 0 Å². The summed E-state index contributed by atoms with van der Waals surface area (Å²) in [7, 11) is 3.90. The van der Waals surface area contributed by atoms with Crippen LogP contribution in [0.4, 0.5) is 0 Å². The van der Waals surface area contributed by atoms with Gasteiger partial charge in [0.25, 0.3) is 0 Å². The Balaban J connectivity index is 1.56. The van der Waals surface area contributed by atoms with E-state index < -0.39 is 0 Å². The van der Waals surface area contributed by atoms with E-state index in [4.69, 9.17) is 14.6 Å². The van der Waals surface area contributed by atoms with E-state index in [1.807, 2.05) is 30.0 Å². The van der Waals surface area contributed by atoms with Crippen LogP contribution in [0, 0.1) is 5.41 Å². The lowest BCUT2D eigenvalue weighted by molar-refractivity contribution is 0.0563. The number of aromatic nitrogens is 4. The molecule has 0 amide bonds. The third-order valence-electron chi connectivity index (χ3n) is 5.03. The second kappa shape index (κ2) is 5.68. The Hall–Kier alpha value is -2.18. The Bertz CT molecular complexity index is 771. The van der Waals surface area contributed by atoms with Gasteiger partial charge in [-0.3, -0.25) is 5.01 Å². The van der Waals surface area contributed by atoms with Crippen molar-refractivity contribution in [3.63, 3.8) is 0 Å². The van der Waals surface area contributed by atoms with Gasteiger partial charge in [0, 0.05) is 37.8 Å². The highest BCUT2D eigenvalue weighted by molar-refractivity contribution is 5.29. The molecule has 2 atom stereocenters. The molecule has 7 nitrogen and oxygen atoms in total. The van der Waals surface area contributed by atoms with Gasteiger partial charge in [0.05, 0.1) is 6.20 Å². The second-order valence-corrected chi connectivity index (χ2v) is 8.27. The number of rotatable bonds is 2. The number of ether oxygens (including phenoxy) is 2. The predicted molar refractivity (Wildman–Crippen MR) is 94.7 cm³/mol. The first-order valence-corrected chi connectivity index (χ1v) is 8.99. The summed E-state index contributed by atoms with van der Waals surface area (Å²) >= 11 is 0. The molecule has 7 heteroatoms. The van der Waals surface area contributed by atoms with E-state index in [1.165, 1.54) is 5.56 Å². The first-order valence-electron chi connectivity index (χ1n) is 8.99. The molecule has 2 aliphatic heterocycles. The van der Waals surface area contributed by atoms with E-state index in [1.54, 1.807) is 4.79 Å². The van der Waals surface area contributed by atoms with Crippen LogP contribution in [0.5, 0.6) is 11.8 Å². The zero-order chi connectivity index (χ0) is 17.8. The molecule has 0 saturated heterocycles. The fourth-order valence-corrected chi connectivity index (χ4v) is 3.51. The fraction of sp³-hybridized carbons (Fsp3) is 0.667. The summed E-state index contributed by atoms with van der Waals surface area (Å²) < 4.78 is 14.3. The van der Waals surface area contributed by atoms with Crippen LogP contribution < -0.4 is 14.5 Å². The average Bonchev–Trinajstić information content (AvgIpc) is 3.16. The van der Waals surface area contributed by atoms with Crippen LogP contribution in [0.2, 0.25) is 0 Å². The Morgan fingerprint density at radius 2 is 1.88 bits per heavy atom. The van der Waals surface area contributed by atoms with Crippen molar-refractivity contribution in [2.75, 3.05) is 19.1 Å². The largest absolute Gasteiger partial charge is 0.473 e. The maximum absolute atomic E-state index is 6.23. The molecule has 0 N–H and O–H groups in total. The minimum absolute atomic E-state index is 0.120. The van der Waals surface area contributed by atoms with Crippen molar-refractivity contribution in [3.05, 3.63) is 23.5 Å². The third-order valence-corrected chi connectivity index (χ3v) is 5.03. The standard InChI is InChI=1S/C18H27N5O2/c1-18(2,3)14-8-6-13-11-22(20-16(13)24-14)15-9-7-12-10-19-23(21(4)5)17(12)25-15/h10-11,14-15H,6-9H2,1-5H3. The van der Waals surface area contributed by atoms with Crippen molar-refractivity contribution in [1.29, 1.82) is 0 Å². The molecule has 4 rings (SSSR count). The van der Waals surface area contributed by atoms with E-state index in [0.29, 0.717) is 0 Å². The lowest BCUT2D eigenvalue weighted by Crippen LogP contribution is -2.35. The quantitative estimate of drug-likeness (QED) is 0.837. The van der Waals surface area contributed by atoms with Crippen molar-refractivity contribution in [1.82, 2.24) is 19.7 Å². The smallest absolute Gasteiger partial charge is 0.237 e. The highest BCUT2D eigenvalue weighted by Crippen LogP contribution is 2.37. The zero-order valence-electron chi connectivity index (χ0n) is 15.7. The number of fused-ring (bicyclic) bond motifs is 2. The second-order valence-electron chi connectivity index (χ2n) is 8.27. The molecule has 0 saturated carbocycles. The fourth-order valence-electron chi connectivity index (χ4n) is 3.51. The molecule has 0 bridgehead atoms. The Morgan fingerprint density at radius 3 is 2.60 bits per heavy atom. The average molecular weight is 345 g/mol. The van der Waals surface area contributed by atoms with Crippen molar-refractivity contribution >= 4 is 0 Å². The van der Waals surface area contributed by atoms with Gasteiger partial charge in [-0.25, -0.2) is 4.68 Å². The van der Waals surface area contributed by atoms with E-state index in [-0.39, 0.29) is 17.7 Å². The van der Waals surface area contributed by atoms with Gasteiger partial charge in [-0.15, -0.1) is 9.89 Å². The number of nitrogens with zero attached hydrogens (tertiary/aromatic N) is 5. The van der Waals surface area contributed by atoms with E-state index in [0.717, 1.165) is 43.0 Å². The first kappa shape index (κ1) is 16.3. The van der Waals surface area contributed by atoms with Crippen molar-refractivity contribution in [3.8, 4) is 11.8 Å². The molecule has 136 valence electrons. The topological polar surface area (TPSA) is 57.3 Å². The summed E-state index contributed by atoms with van der Waals surface area (Å²) in [5.41, 5.74) is 2.44. The predicted octanol–water partition coefficient (Wildman–Crippen LogP) is 2.54. The SMILES string of the molecule is CN(C)n1ncc2c1OC(n1cc3c(n1)OC(C(C)(C)C)CC3)CC2. The van der Waals surface area contributed by atoms with Gasteiger partial charge in [0.15, 0.2) is 6.23 Å². The van der Waals surface area contributed by atoms with Crippen LogP contribution in [0.3, 0.4) is 0 Å². The zero-order valence-corrected chi connectivity index (χ0v) is 15.7. The van der Waals surface area contributed by atoms with Gasteiger partial charge in [-0.05, 0) is 24.7 Å². The van der Waals surface area contributed by atoms with Crippen LogP contribution in [-0.4, -0.2) is 39.9 Å². The molecule has 2 unspecified atom stereocenters. The monoisotopic (exact) mass is 345 g/mol. The van der Waals surface area contributed by atoms with Gasteiger partial charge in [0.2, 0.25) is 11.8 Å². The molecule has 2 aromatic rings. The molecule has 2 aliphatic rings. The summed E-state index contributed by atoms with van der Waals surface area (Å²) in [6, 6.07) is 0. The molecule has 0 spiro atoms. The Kier molecular flexibility index (Phi) is 3.70. The lowest BCUT2D eigenvalue weighted by Gasteiger charge is -2.33. The first-order chi connectivity index (χ1) is 11.8.